The zero-order chi connectivity index (χ0) is 15.6. The van der Waals surface area contributed by atoms with Crippen molar-refractivity contribution in [3.8, 4) is 0 Å². The maximum Gasteiger partial charge on any atom is 0.273 e. The fourth-order valence-corrected chi connectivity index (χ4v) is 2.70. The van der Waals surface area contributed by atoms with Gasteiger partial charge in [0.1, 0.15) is 5.76 Å². The number of rotatable bonds is 12. The van der Waals surface area contributed by atoms with Crippen LogP contribution in [0.4, 0.5) is 0 Å². The van der Waals surface area contributed by atoms with Gasteiger partial charge in [-0.15, -0.1) is 0 Å². The van der Waals surface area contributed by atoms with E-state index in [1.165, 1.54) is 6.07 Å². The van der Waals surface area contributed by atoms with Crippen LogP contribution in [0.3, 0.4) is 0 Å². The maximum absolute atomic E-state index is 12.0. The van der Waals surface area contributed by atoms with Crippen molar-refractivity contribution in [2.75, 3.05) is 26.3 Å². The molecule has 0 fully saturated rings. The molecule has 0 aliphatic heterocycles. The number of nitrogens with one attached hydrogen (secondary N) is 2. The Morgan fingerprint density at radius 1 is 1.14 bits per heavy atom. The predicted octanol–water partition coefficient (Wildman–Crippen LogP) is 1.87. The van der Waals surface area contributed by atoms with Gasteiger partial charge in [-0.1, -0.05) is 13.8 Å². The van der Waals surface area contributed by atoms with Crippen molar-refractivity contribution in [1.82, 2.24) is 10.0 Å². The minimum Gasteiger partial charge on any atom is -0.447 e. The van der Waals surface area contributed by atoms with Gasteiger partial charge in [-0.05, 0) is 37.9 Å². The van der Waals surface area contributed by atoms with Gasteiger partial charge in [-0.2, -0.15) is 0 Å². The Hall–Kier alpha value is -0.890. The summed E-state index contributed by atoms with van der Waals surface area (Å²) in [5, 5.41) is 3.13. The second-order valence-corrected chi connectivity index (χ2v) is 6.46. The average molecular weight is 318 g/mol. The van der Waals surface area contributed by atoms with Crippen LogP contribution in [0.5, 0.6) is 0 Å². The molecular formula is C14H26N2O4S. The summed E-state index contributed by atoms with van der Waals surface area (Å²) in [5.74, 6) is 0.620. The second kappa shape index (κ2) is 9.94. The first-order valence-corrected chi connectivity index (χ1v) is 8.95. The van der Waals surface area contributed by atoms with Crippen LogP contribution in [0.15, 0.2) is 21.6 Å². The van der Waals surface area contributed by atoms with Crippen LogP contribution < -0.4 is 10.0 Å². The molecule has 0 saturated carbocycles. The molecule has 0 bridgehead atoms. The molecule has 7 heteroatoms. The molecule has 1 rings (SSSR count). The first kappa shape index (κ1) is 18.2. The number of hydrogen-bond donors (Lipinski definition) is 2. The standard InChI is InChI=1S/C14H26N2O4S/c1-3-8-15-12-13-6-7-14(20-13)21(17,18)16-9-5-11-19-10-4-2/h6-7,15-16H,3-5,8-12H2,1-2H3. The van der Waals surface area contributed by atoms with E-state index in [0.29, 0.717) is 38.5 Å². The Bertz CT molecular complexity index is 485. The third-order valence-electron chi connectivity index (χ3n) is 2.73. The summed E-state index contributed by atoms with van der Waals surface area (Å²) in [7, 11) is -3.56. The van der Waals surface area contributed by atoms with E-state index >= 15 is 0 Å². The molecule has 0 spiro atoms. The van der Waals surface area contributed by atoms with Crippen molar-refractivity contribution in [2.24, 2.45) is 0 Å². The Morgan fingerprint density at radius 3 is 2.67 bits per heavy atom. The largest absolute Gasteiger partial charge is 0.447 e. The van der Waals surface area contributed by atoms with Gasteiger partial charge in [-0.25, -0.2) is 13.1 Å². The number of furan rings is 1. The lowest BCUT2D eigenvalue weighted by Gasteiger charge is -2.05. The normalized spacial score (nSPS) is 11.9. The quantitative estimate of drug-likeness (QED) is 0.575. The van der Waals surface area contributed by atoms with E-state index in [0.717, 1.165) is 19.4 Å². The lowest BCUT2D eigenvalue weighted by molar-refractivity contribution is 0.133. The van der Waals surface area contributed by atoms with Crippen molar-refractivity contribution in [1.29, 1.82) is 0 Å². The second-order valence-electron chi connectivity index (χ2n) is 4.76. The molecule has 0 aromatic carbocycles. The van der Waals surface area contributed by atoms with Crippen molar-refractivity contribution >= 4 is 10.0 Å². The van der Waals surface area contributed by atoms with Crippen LogP contribution in [0, 0.1) is 0 Å². The fraction of sp³-hybridized carbons (Fsp3) is 0.714. The smallest absolute Gasteiger partial charge is 0.273 e. The van der Waals surface area contributed by atoms with Crippen molar-refractivity contribution in [3.05, 3.63) is 17.9 Å². The molecule has 1 aromatic rings. The van der Waals surface area contributed by atoms with Gasteiger partial charge in [0.05, 0.1) is 6.54 Å². The molecule has 122 valence electrons. The average Bonchev–Trinajstić information content (AvgIpc) is 2.93. The lowest BCUT2D eigenvalue weighted by atomic mass is 10.4. The summed E-state index contributed by atoms with van der Waals surface area (Å²) < 4.78 is 37.1. The summed E-state index contributed by atoms with van der Waals surface area (Å²) in [6.45, 7) is 7.12. The fourth-order valence-electron chi connectivity index (χ4n) is 1.68. The van der Waals surface area contributed by atoms with Gasteiger partial charge >= 0.3 is 0 Å². The summed E-state index contributed by atoms with van der Waals surface area (Å²) >= 11 is 0. The van der Waals surface area contributed by atoms with Crippen LogP contribution in [0.2, 0.25) is 0 Å². The van der Waals surface area contributed by atoms with Crippen molar-refractivity contribution in [2.45, 2.75) is 44.7 Å². The molecule has 0 aliphatic rings. The minimum atomic E-state index is -3.56. The molecular weight excluding hydrogens is 292 g/mol. The highest BCUT2D eigenvalue weighted by Crippen LogP contribution is 2.13. The van der Waals surface area contributed by atoms with Gasteiger partial charge in [-0.3, -0.25) is 0 Å². The third kappa shape index (κ3) is 7.08. The molecule has 0 unspecified atom stereocenters. The van der Waals surface area contributed by atoms with Crippen LogP contribution in [-0.4, -0.2) is 34.7 Å². The Balaban J connectivity index is 2.36. The van der Waals surface area contributed by atoms with E-state index in [1.807, 2.05) is 6.92 Å². The highest BCUT2D eigenvalue weighted by atomic mass is 32.2. The molecule has 2 N–H and O–H groups in total. The Kier molecular flexibility index (Phi) is 8.60. The Labute approximate surface area is 127 Å². The molecule has 21 heavy (non-hydrogen) atoms. The van der Waals surface area contributed by atoms with Gasteiger partial charge in [0.2, 0.25) is 5.09 Å². The van der Waals surface area contributed by atoms with Crippen LogP contribution in [0.25, 0.3) is 0 Å². The first-order chi connectivity index (χ1) is 10.1. The van der Waals surface area contributed by atoms with E-state index in [4.69, 9.17) is 9.15 Å². The number of ether oxygens (including phenoxy) is 1. The molecule has 1 heterocycles. The first-order valence-electron chi connectivity index (χ1n) is 7.47. The summed E-state index contributed by atoms with van der Waals surface area (Å²) in [4.78, 5) is 0. The van der Waals surface area contributed by atoms with Crippen LogP contribution >= 0.6 is 0 Å². The van der Waals surface area contributed by atoms with Gasteiger partial charge in [0.15, 0.2) is 0 Å². The van der Waals surface area contributed by atoms with Gasteiger partial charge in [0.25, 0.3) is 10.0 Å². The molecule has 0 saturated heterocycles. The van der Waals surface area contributed by atoms with Crippen LogP contribution in [0.1, 0.15) is 38.9 Å². The van der Waals surface area contributed by atoms with Gasteiger partial charge < -0.3 is 14.5 Å². The maximum atomic E-state index is 12.0. The topological polar surface area (TPSA) is 80.6 Å². The third-order valence-corrected chi connectivity index (χ3v) is 4.07. The molecule has 6 nitrogen and oxygen atoms in total. The highest BCUT2D eigenvalue weighted by Gasteiger charge is 2.17. The van der Waals surface area contributed by atoms with Crippen molar-refractivity contribution in [3.63, 3.8) is 0 Å². The molecule has 1 aromatic heterocycles. The summed E-state index contributed by atoms with van der Waals surface area (Å²) in [6, 6.07) is 3.17. The van der Waals surface area contributed by atoms with E-state index in [9.17, 15) is 8.42 Å². The Morgan fingerprint density at radius 2 is 1.95 bits per heavy atom. The van der Waals surface area contributed by atoms with Gasteiger partial charge in [0, 0.05) is 19.8 Å². The van der Waals surface area contributed by atoms with E-state index in [2.05, 4.69) is 17.0 Å². The predicted molar refractivity (Wildman–Crippen MR) is 81.6 cm³/mol. The molecule has 0 amide bonds. The SMILES string of the molecule is CCCNCc1ccc(S(=O)(=O)NCCCOCCC)o1. The number of sulfonamides is 1. The molecule has 0 aliphatic carbocycles. The van der Waals surface area contributed by atoms with E-state index in [1.54, 1.807) is 6.07 Å². The monoisotopic (exact) mass is 318 g/mol. The minimum absolute atomic E-state index is 0.0368. The van der Waals surface area contributed by atoms with Crippen molar-refractivity contribution < 1.29 is 17.6 Å². The zero-order valence-corrected chi connectivity index (χ0v) is 13.7. The number of hydrogen-bond acceptors (Lipinski definition) is 5. The zero-order valence-electron chi connectivity index (χ0n) is 12.9. The molecule has 0 radical (unpaired) electrons. The summed E-state index contributed by atoms with van der Waals surface area (Å²) in [5.41, 5.74) is 0. The summed E-state index contributed by atoms with van der Waals surface area (Å²) in [6.07, 6.45) is 2.63. The highest BCUT2D eigenvalue weighted by molar-refractivity contribution is 7.89. The van der Waals surface area contributed by atoms with E-state index in [-0.39, 0.29) is 5.09 Å². The lowest BCUT2D eigenvalue weighted by Crippen LogP contribution is -2.25. The van der Waals surface area contributed by atoms with E-state index < -0.39 is 10.0 Å². The molecule has 0 atom stereocenters. The van der Waals surface area contributed by atoms with Crippen LogP contribution in [-0.2, 0) is 21.3 Å².